The minimum atomic E-state index is -4.26. The zero-order chi connectivity index (χ0) is 12.7. The molecule has 0 aliphatic carbocycles. The summed E-state index contributed by atoms with van der Waals surface area (Å²) in [6.45, 7) is -1.15. The maximum absolute atomic E-state index is 11.7. The number of pyridine rings is 1. The first-order chi connectivity index (χ1) is 7.99. The van der Waals surface area contributed by atoms with E-state index in [9.17, 15) is 13.2 Å². The standard InChI is InChI=1S/C11H15F3N2O/c12-11(13,14)8-17-7-3-4-9(15)10-5-1-2-6-16-10/h1-2,5-6,9H,3-4,7-8,15H2. The van der Waals surface area contributed by atoms with Gasteiger partial charge in [-0.1, -0.05) is 6.07 Å². The van der Waals surface area contributed by atoms with E-state index in [1.54, 1.807) is 18.3 Å². The van der Waals surface area contributed by atoms with Crippen molar-refractivity contribution in [3.05, 3.63) is 30.1 Å². The van der Waals surface area contributed by atoms with Crippen molar-refractivity contribution in [1.29, 1.82) is 0 Å². The van der Waals surface area contributed by atoms with Crippen molar-refractivity contribution in [2.45, 2.75) is 25.1 Å². The molecule has 96 valence electrons. The average Bonchev–Trinajstić information content (AvgIpc) is 2.28. The number of nitrogens with two attached hydrogens (primary N) is 1. The molecule has 0 aromatic carbocycles. The van der Waals surface area contributed by atoms with E-state index in [4.69, 9.17) is 5.73 Å². The Labute approximate surface area is 97.8 Å². The lowest BCUT2D eigenvalue weighted by atomic mass is 10.1. The van der Waals surface area contributed by atoms with E-state index in [2.05, 4.69) is 9.72 Å². The predicted molar refractivity (Wildman–Crippen MR) is 57.3 cm³/mol. The van der Waals surface area contributed by atoms with E-state index in [-0.39, 0.29) is 12.6 Å². The number of rotatable bonds is 6. The Morgan fingerprint density at radius 3 is 2.71 bits per heavy atom. The minimum absolute atomic E-state index is 0.0556. The monoisotopic (exact) mass is 248 g/mol. The third-order valence-corrected chi connectivity index (χ3v) is 2.14. The summed E-state index contributed by atoms with van der Waals surface area (Å²) in [7, 11) is 0. The molecule has 0 spiro atoms. The van der Waals surface area contributed by atoms with Crippen LogP contribution in [0.1, 0.15) is 24.6 Å². The highest BCUT2D eigenvalue weighted by Gasteiger charge is 2.27. The molecule has 0 saturated carbocycles. The number of nitrogens with zero attached hydrogens (tertiary/aromatic N) is 1. The summed E-state index contributed by atoms with van der Waals surface area (Å²) in [5, 5.41) is 0. The van der Waals surface area contributed by atoms with Gasteiger partial charge >= 0.3 is 6.18 Å². The van der Waals surface area contributed by atoms with E-state index in [1.807, 2.05) is 6.07 Å². The zero-order valence-electron chi connectivity index (χ0n) is 9.28. The molecule has 1 heterocycles. The minimum Gasteiger partial charge on any atom is -0.372 e. The molecule has 0 bridgehead atoms. The molecule has 2 N–H and O–H groups in total. The number of aromatic nitrogens is 1. The third kappa shape index (κ3) is 6.23. The maximum atomic E-state index is 11.7. The van der Waals surface area contributed by atoms with Gasteiger partial charge in [-0.25, -0.2) is 0 Å². The number of hydrogen-bond acceptors (Lipinski definition) is 3. The van der Waals surface area contributed by atoms with Gasteiger partial charge in [-0.05, 0) is 25.0 Å². The van der Waals surface area contributed by atoms with Gasteiger partial charge in [0.05, 0.1) is 5.69 Å². The first-order valence-electron chi connectivity index (χ1n) is 5.30. The Morgan fingerprint density at radius 1 is 1.35 bits per heavy atom. The van der Waals surface area contributed by atoms with Crippen molar-refractivity contribution >= 4 is 0 Å². The summed E-state index contributed by atoms with van der Waals surface area (Å²) < 4.78 is 39.7. The van der Waals surface area contributed by atoms with Crippen molar-refractivity contribution in [2.24, 2.45) is 5.73 Å². The van der Waals surface area contributed by atoms with Gasteiger partial charge in [0.1, 0.15) is 6.61 Å². The van der Waals surface area contributed by atoms with Crippen LogP contribution in [-0.2, 0) is 4.74 Å². The molecule has 0 aliphatic rings. The summed E-state index contributed by atoms with van der Waals surface area (Å²) in [6, 6.07) is 5.14. The SMILES string of the molecule is NC(CCCOCC(F)(F)F)c1ccccn1. The molecular formula is C11H15F3N2O. The molecule has 1 unspecified atom stereocenters. The normalized spacial score (nSPS) is 13.6. The van der Waals surface area contributed by atoms with E-state index in [1.165, 1.54) is 0 Å². The fraction of sp³-hybridized carbons (Fsp3) is 0.545. The van der Waals surface area contributed by atoms with Gasteiger partial charge in [0.2, 0.25) is 0 Å². The molecule has 0 amide bonds. The Bertz CT molecular complexity index is 316. The van der Waals surface area contributed by atoms with Crippen molar-refractivity contribution in [2.75, 3.05) is 13.2 Å². The fourth-order valence-electron chi connectivity index (χ4n) is 1.34. The molecule has 17 heavy (non-hydrogen) atoms. The third-order valence-electron chi connectivity index (χ3n) is 2.14. The van der Waals surface area contributed by atoms with Gasteiger partial charge < -0.3 is 10.5 Å². The highest BCUT2D eigenvalue weighted by atomic mass is 19.4. The second kappa shape index (κ2) is 6.56. The Balaban J connectivity index is 2.15. The molecule has 3 nitrogen and oxygen atoms in total. The fourth-order valence-corrected chi connectivity index (χ4v) is 1.34. The van der Waals surface area contributed by atoms with Crippen LogP contribution in [0.2, 0.25) is 0 Å². The Kier molecular flexibility index (Phi) is 5.37. The van der Waals surface area contributed by atoms with Crippen LogP contribution < -0.4 is 5.73 Å². The van der Waals surface area contributed by atoms with E-state index in [0.717, 1.165) is 5.69 Å². The van der Waals surface area contributed by atoms with Crippen LogP contribution in [-0.4, -0.2) is 24.4 Å². The summed E-state index contributed by atoms with van der Waals surface area (Å²) in [5.74, 6) is 0. The van der Waals surface area contributed by atoms with E-state index in [0.29, 0.717) is 12.8 Å². The lowest BCUT2D eigenvalue weighted by molar-refractivity contribution is -0.174. The van der Waals surface area contributed by atoms with E-state index >= 15 is 0 Å². The van der Waals surface area contributed by atoms with Crippen LogP contribution in [0.3, 0.4) is 0 Å². The quantitative estimate of drug-likeness (QED) is 0.786. The predicted octanol–water partition coefficient (Wildman–Crippen LogP) is 2.44. The molecule has 1 aromatic rings. The van der Waals surface area contributed by atoms with Gasteiger partial charge in [0.25, 0.3) is 0 Å². The summed E-state index contributed by atoms with van der Waals surface area (Å²) in [5.41, 5.74) is 6.56. The summed E-state index contributed by atoms with van der Waals surface area (Å²) in [4.78, 5) is 4.07. The molecule has 1 aromatic heterocycles. The van der Waals surface area contributed by atoms with E-state index < -0.39 is 12.8 Å². The molecule has 0 fully saturated rings. The number of ether oxygens (including phenoxy) is 1. The lowest BCUT2D eigenvalue weighted by Crippen LogP contribution is -2.18. The molecule has 0 aliphatic heterocycles. The van der Waals surface area contributed by atoms with Crippen LogP contribution in [0.4, 0.5) is 13.2 Å². The highest BCUT2D eigenvalue weighted by Crippen LogP contribution is 2.16. The Morgan fingerprint density at radius 2 is 2.12 bits per heavy atom. The second-order valence-corrected chi connectivity index (χ2v) is 3.67. The van der Waals surface area contributed by atoms with Crippen LogP contribution in [0.5, 0.6) is 0 Å². The Hall–Kier alpha value is -1.14. The van der Waals surface area contributed by atoms with Gasteiger partial charge in [0.15, 0.2) is 0 Å². The van der Waals surface area contributed by atoms with Crippen molar-refractivity contribution < 1.29 is 17.9 Å². The van der Waals surface area contributed by atoms with Crippen LogP contribution in [0.15, 0.2) is 24.4 Å². The van der Waals surface area contributed by atoms with Crippen molar-refractivity contribution in [3.63, 3.8) is 0 Å². The average molecular weight is 248 g/mol. The largest absolute Gasteiger partial charge is 0.411 e. The zero-order valence-corrected chi connectivity index (χ0v) is 9.28. The first kappa shape index (κ1) is 13.9. The van der Waals surface area contributed by atoms with Crippen LogP contribution >= 0.6 is 0 Å². The van der Waals surface area contributed by atoms with Gasteiger partial charge in [-0.15, -0.1) is 0 Å². The summed E-state index contributed by atoms with van der Waals surface area (Å²) in [6.07, 6.45) is -1.60. The van der Waals surface area contributed by atoms with Crippen molar-refractivity contribution in [3.8, 4) is 0 Å². The molecule has 6 heteroatoms. The first-order valence-corrected chi connectivity index (χ1v) is 5.30. The topological polar surface area (TPSA) is 48.1 Å². The smallest absolute Gasteiger partial charge is 0.372 e. The molecular weight excluding hydrogens is 233 g/mol. The number of alkyl halides is 3. The lowest BCUT2D eigenvalue weighted by Gasteiger charge is -2.11. The molecule has 1 rings (SSSR count). The van der Waals surface area contributed by atoms with Crippen molar-refractivity contribution in [1.82, 2.24) is 4.98 Å². The van der Waals surface area contributed by atoms with Gasteiger partial charge in [-0.3, -0.25) is 4.98 Å². The molecule has 0 radical (unpaired) electrons. The molecule has 1 atom stereocenters. The second-order valence-electron chi connectivity index (χ2n) is 3.67. The van der Waals surface area contributed by atoms with Gasteiger partial charge in [0, 0.05) is 18.8 Å². The van der Waals surface area contributed by atoms with Crippen LogP contribution in [0, 0.1) is 0 Å². The highest BCUT2D eigenvalue weighted by molar-refractivity contribution is 5.07. The maximum Gasteiger partial charge on any atom is 0.411 e. The summed E-state index contributed by atoms with van der Waals surface area (Å²) >= 11 is 0. The number of halogens is 3. The van der Waals surface area contributed by atoms with Crippen LogP contribution in [0.25, 0.3) is 0 Å². The number of hydrogen-bond donors (Lipinski definition) is 1. The molecule has 0 saturated heterocycles. The van der Waals surface area contributed by atoms with Gasteiger partial charge in [-0.2, -0.15) is 13.2 Å².